The van der Waals surface area contributed by atoms with Crippen molar-refractivity contribution in [3.8, 4) is 17.2 Å². The summed E-state index contributed by atoms with van der Waals surface area (Å²) < 4.78 is 23.9. The van der Waals surface area contributed by atoms with Crippen molar-refractivity contribution in [3.05, 3.63) is 84.5 Å². The number of esters is 1. The predicted octanol–water partition coefficient (Wildman–Crippen LogP) is 3.21. The van der Waals surface area contributed by atoms with Crippen molar-refractivity contribution in [1.29, 1.82) is 0 Å². The molecule has 0 aliphatic carbocycles. The Balaban J connectivity index is 1.95. The van der Waals surface area contributed by atoms with Crippen molar-refractivity contribution in [2.45, 2.75) is 26.8 Å². The molecule has 1 aliphatic heterocycles. The minimum Gasteiger partial charge on any atom is -0.497 e. The van der Waals surface area contributed by atoms with Gasteiger partial charge in [-0.15, -0.1) is 0 Å². The Morgan fingerprint density at radius 1 is 1.06 bits per heavy atom. The lowest BCUT2D eigenvalue weighted by atomic mass is 9.94. The number of carbonyl (C=O) groups is 1. The fourth-order valence-corrected chi connectivity index (χ4v) is 5.16. The highest BCUT2D eigenvalue weighted by Gasteiger charge is 2.35. The Hall–Kier alpha value is -3.85. The van der Waals surface area contributed by atoms with Gasteiger partial charge in [-0.1, -0.05) is 23.5 Å². The Morgan fingerprint density at radius 3 is 2.42 bits per heavy atom. The average Bonchev–Trinajstić information content (AvgIpc) is 3.18. The zero-order valence-electron chi connectivity index (χ0n) is 20.9. The maximum atomic E-state index is 13.8. The fraction of sp³-hybridized carbons (Fsp3) is 0.296. The molecule has 0 N–H and O–H groups in total. The van der Waals surface area contributed by atoms with Crippen molar-refractivity contribution in [2.24, 2.45) is 4.99 Å². The summed E-state index contributed by atoms with van der Waals surface area (Å²) in [7, 11) is 3.10. The smallest absolute Gasteiger partial charge is 0.338 e. The van der Waals surface area contributed by atoms with E-state index >= 15 is 0 Å². The van der Waals surface area contributed by atoms with E-state index in [4.69, 9.17) is 18.9 Å². The average molecular weight is 509 g/mol. The first kappa shape index (κ1) is 25.2. The molecule has 9 heteroatoms. The number of methoxy groups -OCH3 is 2. The summed E-state index contributed by atoms with van der Waals surface area (Å²) in [5.41, 5.74) is 1.95. The molecule has 0 fully saturated rings. The molecule has 1 aromatic heterocycles. The third-order valence-electron chi connectivity index (χ3n) is 5.74. The molecule has 36 heavy (non-hydrogen) atoms. The predicted molar refractivity (Wildman–Crippen MR) is 138 cm³/mol. The molecule has 0 saturated heterocycles. The van der Waals surface area contributed by atoms with Crippen molar-refractivity contribution < 1.29 is 23.7 Å². The van der Waals surface area contributed by atoms with Gasteiger partial charge in [0.15, 0.2) is 4.80 Å². The minimum absolute atomic E-state index is 0.194. The van der Waals surface area contributed by atoms with Gasteiger partial charge < -0.3 is 18.9 Å². The third kappa shape index (κ3) is 4.79. The van der Waals surface area contributed by atoms with E-state index in [1.165, 1.54) is 15.9 Å². The number of allylic oxidation sites excluding steroid dienone is 1. The number of hydrogen-bond acceptors (Lipinski definition) is 8. The zero-order valence-corrected chi connectivity index (χ0v) is 21.7. The van der Waals surface area contributed by atoms with Crippen LogP contribution in [0.15, 0.2) is 63.5 Å². The van der Waals surface area contributed by atoms with Crippen LogP contribution in [0.4, 0.5) is 0 Å². The summed E-state index contributed by atoms with van der Waals surface area (Å²) in [6, 6.07) is 12.0. The van der Waals surface area contributed by atoms with E-state index in [0.717, 1.165) is 11.3 Å². The number of benzene rings is 2. The molecule has 2 aromatic carbocycles. The summed E-state index contributed by atoms with van der Waals surface area (Å²) in [6.45, 7) is 6.18. The number of rotatable bonds is 8. The number of carbonyl (C=O) groups excluding carboxylic acids is 1. The van der Waals surface area contributed by atoms with Crippen LogP contribution >= 0.6 is 11.3 Å². The molecule has 0 saturated carbocycles. The first-order valence-electron chi connectivity index (χ1n) is 11.6. The molecule has 8 nitrogen and oxygen atoms in total. The van der Waals surface area contributed by atoms with Gasteiger partial charge in [0.1, 0.15) is 23.3 Å². The maximum absolute atomic E-state index is 13.8. The Bertz CT molecular complexity index is 1480. The van der Waals surface area contributed by atoms with Crippen LogP contribution in [0.2, 0.25) is 0 Å². The van der Waals surface area contributed by atoms with Crippen LogP contribution in [0, 0.1) is 0 Å². The number of ether oxygens (including phenoxy) is 4. The second-order valence-corrected chi connectivity index (χ2v) is 8.92. The van der Waals surface area contributed by atoms with Crippen LogP contribution in [0.25, 0.3) is 6.08 Å². The van der Waals surface area contributed by atoms with Crippen LogP contribution in [0.5, 0.6) is 17.2 Å². The Morgan fingerprint density at radius 2 is 1.78 bits per heavy atom. The molecule has 2 heterocycles. The lowest BCUT2D eigenvalue weighted by Crippen LogP contribution is -2.40. The molecule has 0 unspecified atom stereocenters. The van der Waals surface area contributed by atoms with E-state index in [0.29, 0.717) is 38.7 Å². The van der Waals surface area contributed by atoms with E-state index in [9.17, 15) is 9.59 Å². The molecule has 1 aliphatic rings. The summed E-state index contributed by atoms with van der Waals surface area (Å²) >= 11 is 1.26. The lowest BCUT2D eigenvalue weighted by Gasteiger charge is -2.26. The summed E-state index contributed by atoms with van der Waals surface area (Å²) in [5, 5.41) is 0. The number of aromatic nitrogens is 1. The topological polar surface area (TPSA) is 88.4 Å². The first-order valence-corrected chi connectivity index (χ1v) is 12.4. The van der Waals surface area contributed by atoms with Gasteiger partial charge in [-0.25, -0.2) is 9.79 Å². The quantitative estimate of drug-likeness (QED) is 0.434. The van der Waals surface area contributed by atoms with E-state index in [2.05, 4.69) is 4.99 Å². The highest BCUT2D eigenvalue weighted by molar-refractivity contribution is 7.07. The van der Waals surface area contributed by atoms with Crippen molar-refractivity contribution in [2.75, 3.05) is 27.4 Å². The van der Waals surface area contributed by atoms with Crippen LogP contribution in [0.1, 0.15) is 37.9 Å². The first-order chi connectivity index (χ1) is 17.4. The normalized spacial score (nSPS) is 15.2. The third-order valence-corrected chi connectivity index (χ3v) is 6.72. The van der Waals surface area contributed by atoms with Crippen LogP contribution in [0.3, 0.4) is 0 Å². The molecule has 0 spiro atoms. The fourth-order valence-electron chi connectivity index (χ4n) is 4.12. The summed E-state index contributed by atoms with van der Waals surface area (Å²) in [6.07, 6.45) is 1.81. The van der Waals surface area contributed by atoms with Gasteiger partial charge in [0.25, 0.3) is 5.56 Å². The van der Waals surface area contributed by atoms with Crippen molar-refractivity contribution in [3.63, 3.8) is 0 Å². The number of hydrogen-bond donors (Lipinski definition) is 0. The highest BCUT2D eigenvalue weighted by Crippen LogP contribution is 2.37. The second-order valence-electron chi connectivity index (χ2n) is 7.91. The van der Waals surface area contributed by atoms with Gasteiger partial charge in [-0.05, 0) is 62.7 Å². The van der Waals surface area contributed by atoms with Gasteiger partial charge in [0.05, 0.1) is 43.2 Å². The van der Waals surface area contributed by atoms with Gasteiger partial charge >= 0.3 is 5.97 Å². The van der Waals surface area contributed by atoms with E-state index in [1.54, 1.807) is 46.3 Å². The summed E-state index contributed by atoms with van der Waals surface area (Å²) in [5.74, 6) is 1.31. The lowest BCUT2D eigenvalue weighted by molar-refractivity contribution is -0.139. The Kier molecular flexibility index (Phi) is 7.59. The van der Waals surface area contributed by atoms with E-state index in [-0.39, 0.29) is 17.7 Å². The largest absolute Gasteiger partial charge is 0.497 e. The maximum Gasteiger partial charge on any atom is 0.338 e. The Labute approximate surface area is 212 Å². The van der Waals surface area contributed by atoms with E-state index in [1.807, 2.05) is 37.3 Å². The zero-order chi connectivity index (χ0) is 25.8. The van der Waals surface area contributed by atoms with Crippen LogP contribution < -0.4 is 29.1 Å². The second kappa shape index (κ2) is 10.8. The SMILES string of the molecule is CCOC(=O)C1=C(C)N=c2s/c(=C\c3ccc(OCC)cc3)c(=O)n2[C@H]1c1cc(OC)ccc1OC. The van der Waals surface area contributed by atoms with Crippen molar-refractivity contribution >= 4 is 23.4 Å². The molecule has 0 bridgehead atoms. The van der Waals surface area contributed by atoms with Gasteiger partial charge in [0, 0.05) is 5.56 Å². The minimum atomic E-state index is -0.798. The van der Waals surface area contributed by atoms with Crippen molar-refractivity contribution in [1.82, 2.24) is 4.57 Å². The highest BCUT2D eigenvalue weighted by atomic mass is 32.1. The number of fused-ring (bicyclic) bond motifs is 1. The molecule has 0 amide bonds. The molecular weight excluding hydrogens is 480 g/mol. The van der Waals surface area contributed by atoms with E-state index < -0.39 is 12.0 Å². The molecule has 0 radical (unpaired) electrons. The number of thiazole rings is 1. The van der Waals surface area contributed by atoms with Crippen LogP contribution in [-0.4, -0.2) is 38.0 Å². The monoisotopic (exact) mass is 508 g/mol. The standard InChI is InChI=1S/C27H28N2O6S/c1-6-34-18-10-8-17(9-11-18)14-22-25(30)29-24(20-15-19(32-4)12-13-21(20)33-5)23(26(31)35-7-2)16(3)28-27(29)36-22/h8-15,24H,6-7H2,1-5H3/b22-14-/t24-/m0/s1. The van der Waals surface area contributed by atoms with Gasteiger partial charge in [-0.2, -0.15) is 0 Å². The van der Waals surface area contributed by atoms with Gasteiger partial charge in [-0.3, -0.25) is 9.36 Å². The molecule has 3 aromatic rings. The molecule has 188 valence electrons. The van der Waals surface area contributed by atoms with Crippen LogP contribution in [-0.2, 0) is 9.53 Å². The molecule has 1 atom stereocenters. The molecule has 4 rings (SSSR count). The molecular formula is C27H28N2O6S. The summed E-state index contributed by atoms with van der Waals surface area (Å²) in [4.78, 5) is 32.0. The van der Waals surface area contributed by atoms with Gasteiger partial charge in [0.2, 0.25) is 0 Å². The number of nitrogens with zero attached hydrogens (tertiary/aromatic N) is 2.